The Labute approximate surface area is 190 Å². The van der Waals surface area contributed by atoms with Crippen LogP contribution in [-0.2, 0) is 4.79 Å². The lowest BCUT2D eigenvalue weighted by molar-refractivity contribution is -0.134. The number of amides is 1. The second kappa shape index (κ2) is 9.04. The number of rotatable bonds is 4. The molecule has 2 fully saturated rings. The van der Waals surface area contributed by atoms with Crippen molar-refractivity contribution >= 4 is 16.8 Å². The molecule has 2 aromatic heterocycles. The van der Waals surface area contributed by atoms with E-state index in [9.17, 15) is 4.79 Å². The monoisotopic (exact) mass is 431 g/mol. The zero-order valence-corrected chi connectivity index (χ0v) is 19.2. The predicted molar refractivity (Wildman–Crippen MR) is 129 cm³/mol. The van der Waals surface area contributed by atoms with E-state index in [1.807, 2.05) is 12.4 Å². The van der Waals surface area contributed by atoms with Crippen molar-refractivity contribution in [3.05, 3.63) is 54.0 Å². The average Bonchev–Trinajstić information content (AvgIpc) is 3.20. The maximum atomic E-state index is 13.1. The first-order valence-corrected chi connectivity index (χ1v) is 11.8. The summed E-state index contributed by atoms with van der Waals surface area (Å²) in [6.45, 7) is 8.38. The van der Waals surface area contributed by atoms with Crippen molar-refractivity contribution in [2.24, 2.45) is 0 Å². The standard InChI is InChI=1S/C26H33N5O/c1-19-5-6-23-22(16-19)25(20-7-9-27-10-8-20)26(28-23)21-4-3-11-31(17-21)24(32)18-30-14-12-29(2)13-15-30/h5-10,16,21,28H,3-4,11-15,17-18H2,1-2H3/t21-/m0/s1. The van der Waals surface area contributed by atoms with Gasteiger partial charge in [0.2, 0.25) is 5.91 Å². The summed E-state index contributed by atoms with van der Waals surface area (Å²) >= 11 is 0. The van der Waals surface area contributed by atoms with Crippen LogP contribution in [0.15, 0.2) is 42.7 Å². The number of nitrogens with one attached hydrogen (secondary N) is 1. The first-order valence-electron chi connectivity index (χ1n) is 11.8. The van der Waals surface area contributed by atoms with Gasteiger partial charge in [-0.3, -0.25) is 14.7 Å². The number of likely N-dealkylation sites (N-methyl/N-ethyl adjacent to an activating group) is 1. The van der Waals surface area contributed by atoms with Crippen LogP contribution in [0.3, 0.4) is 0 Å². The Hall–Kier alpha value is -2.70. The lowest BCUT2D eigenvalue weighted by atomic mass is 9.89. The Balaban J connectivity index is 1.41. The van der Waals surface area contributed by atoms with Crippen molar-refractivity contribution in [1.82, 2.24) is 24.7 Å². The molecule has 6 nitrogen and oxygen atoms in total. The third-order valence-electron chi connectivity index (χ3n) is 7.09. The van der Waals surface area contributed by atoms with E-state index < -0.39 is 0 Å². The molecule has 2 aliphatic heterocycles. The minimum Gasteiger partial charge on any atom is -0.358 e. The number of aromatic amines is 1. The number of pyridine rings is 1. The molecule has 168 valence electrons. The van der Waals surface area contributed by atoms with E-state index in [0.717, 1.165) is 52.1 Å². The predicted octanol–water partition coefficient (Wildman–Crippen LogP) is 3.49. The third-order valence-corrected chi connectivity index (χ3v) is 7.09. The molecule has 4 heterocycles. The zero-order valence-electron chi connectivity index (χ0n) is 19.2. The molecule has 1 atom stereocenters. The van der Waals surface area contributed by atoms with Gasteiger partial charge in [-0.25, -0.2) is 0 Å². The Kier molecular flexibility index (Phi) is 5.98. The van der Waals surface area contributed by atoms with Crippen molar-refractivity contribution < 1.29 is 4.79 Å². The van der Waals surface area contributed by atoms with Gasteiger partial charge in [-0.15, -0.1) is 0 Å². The number of aromatic nitrogens is 2. The highest BCUT2D eigenvalue weighted by molar-refractivity contribution is 5.98. The van der Waals surface area contributed by atoms with Crippen molar-refractivity contribution in [2.75, 3.05) is 52.9 Å². The van der Waals surface area contributed by atoms with E-state index in [1.54, 1.807) is 0 Å². The van der Waals surface area contributed by atoms with Crippen LogP contribution in [-0.4, -0.2) is 83.4 Å². The van der Waals surface area contributed by atoms with Crippen LogP contribution >= 0.6 is 0 Å². The molecule has 0 aliphatic carbocycles. The highest BCUT2D eigenvalue weighted by Gasteiger charge is 2.29. The van der Waals surface area contributed by atoms with Crippen molar-refractivity contribution in [1.29, 1.82) is 0 Å². The molecule has 5 rings (SSSR count). The van der Waals surface area contributed by atoms with Crippen LogP contribution in [0.1, 0.15) is 30.0 Å². The van der Waals surface area contributed by atoms with Gasteiger partial charge in [0.15, 0.2) is 0 Å². The van der Waals surface area contributed by atoms with E-state index in [2.05, 4.69) is 69.0 Å². The largest absolute Gasteiger partial charge is 0.358 e. The zero-order chi connectivity index (χ0) is 22.1. The minimum absolute atomic E-state index is 0.275. The van der Waals surface area contributed by atoms with Crippen LogP contribution in [0.4, 0.5) is 0 Å². The Morgan fingerprint density at radius 2 is 1.88 bits per heavy atom. The van der Waals surface area contributed by atoms with Gasteiger partial charge in [0.05, 0.1) is 6.54 Å². The minimum atomic E-state index is 0.275. The molecular formula is C26H33N5O. The molecule has 32 heavy (non-hydrogen) atoms. The molecule has 6 heteroatoms. The number of nitrogens with zero attached hydrogens (tertiary/aromatic N) is 4. The lowest BCUT2D eigenvalue weighted by Crippen LogP contribution is -2.50. The van der Waals surface area contributed by atoms with Crippen LogP contribution < -0.4 is 0 Å². The van der Waals surface area contributed by atoms with Gasteiger partial charge >= 0.3 is 0 Å². The smallest absolute Gasteiger partial charge is 0.236 e. The lowest BCUT2D eigenvalue weighted by Gasteiger charge is -2.36. The number of hydrogen-bond acceptors (Lipinski definition) is 4. The SMILES string of the molecule is Cc1ccc2[nH]c([C@H]3CCCN(C(=O)CN4CCN(C)CC4)C3)c(-c3ccncc3)c2c1. The molecule has 2 saturated heterocycles. The topological polar surface area (TPSA) is 55.5 Å². The van der Waals surface area contributed by atoms with Crippen LogP contribution in [0.5, 0.6) is 0 Å². The Morgan fingerprint density at radius 3 is 2.66 bits per heavy atom. The first kappa shape index (κ1) is 21.2. The van der Waals surface area contributed by atoms with Gasteiger partial charge in [-0.1, -0.05) is 11.6 Å². The van der Waals surface area contributed by atoms with Crippen LogP contribution in [0, 0.1) is 6.92 Å². The van der Waals surface area contributed by atoms with E-state index in [1.165, 1.54) is 33.3 Å². The van der Waals surface area contributed by atoms with Gasteiger partial charge in [0.1, 0.15) is 0 Å². The number of piperazine rings is 1. The number of benzene rings is 1. The highest BCUT2D eigenvalue weighted by Crippen LogP contribution is 2.39. The van der Waals surface area contributed by atoms with Gasteiger partial charge in [0, 0.05) is 79.7 Å². The molecule has 1 N–H and O–H groups in total. The van der Waals surface area contributed by atoms with Crippen LogP contribution in [0.2, 0.25) is 0 Å². The van der Waals surface area contributed by atoms with Crippen molar-refractivity contribution in [3.8, 4) is 11.1 Å². The van der Waals surface area contributed by atoms with E-state index in [4.69, 9.17) is 0 Å². The van der Waals surface area contributed by atoms with Crippen LogP contribution in [0.25, 0.3) is 22.0 Å². The molecule has 1 amide bonds. The maximum Gasteiger partial charge on any atom is 0.236 e. The molecule has 0 spiro atoms. The Morgan fingerprint density at radius 1 is 1.09 bits per heavy atom. The molecule has 0 radical (unpaired) electrons. The summed E-state index contributed by atoms with van der Waals surface area (Å²) in [7, 11) is 2.15. The molecule has 1 aromatic carbocycles. The average molecular weight is 432 g/mol. The van der Waals surface area contributed by atoms with Gasteiger partial charge < -0.3 is 14.8 Å². The molecule has 2 aliphatic rings. The molecule has 0 saturated carbocycles. The fourth-order valence-electron chi connectivity index (χ4n) is 5.20. The second-order valence-corrected chi connectivity index (χ2v) is 9.46. The molecule has 0 bridgehead atoms. The fourth-order valence-corrected chi connectivity index (χ4v) is 5.20. The summed E-state index contributed by atoms with van der Waals surface area (Å²) in [4.78, 5) is 27.8. The van der Waals surface area contributed by atoms with E-state index in [0.29, 0.717) is 12.5 Å². The summed E-state index contributed by atoms with van der Waals surface area (Å²) in [5.74, 6) is 0.590. The molecular weight excluding hydrogens is 398 g/mol. The number of carbonyl (C=O) groups excluding carboxylic acids is 1. The summed E-state index contributed by atoms with van der Waals surface area (Å²) < 4.78 is 0. The quantitative estimate of drug-likeness (QED) is 0.687. The summed E-state index contributed by atoms with van der Waals surface area (Å²) in [6, 6.07) is 10.8. The summed E-state index contributed by atoms with van der Waals surface area (Å²) in [6.07, 6.45) is 5.87. The van der Waals surface area contributed by atoms with Crippen molar-refractivity contribution in [3.63, 3.8) is 0 Å². The Bertz CT molecular complexity index is 1080. The van der Waals surface area contributed by atoms with E-state index >= 15 is 0 Å². The summed E-state index contributed by atoms with van der Waals surface area (Å²) in [5, 5.41) is 1.26. The highest BCUT2D eigenvalue weighted by atomic mass is 16.2. The summed E-state index contributed by atoms with van der Waals surface area (Å²) in [5.41, 5.74) is 6.13. The van der Waals surface area contributed by atoms with Gasteiger partial charge in [-0.05, 0) is 56.6 Å². The number of hydrogen-bond donors (Lipinski definition) is 1. The number of aryl methyl sites for hydroxylation is 1. The van der Waals surface area contributed by atoms with E-state index in [-0.39, 0.29) is 5.91 Å². The number of H-pyrrole nitrogens is 1. The number of carbonyl (C=O) groups is 1. The maximum absolute atomic E-state index is 13.1. The first-order chi connectivity index (χ1) is 15.6. The molecule has 3 aromatic rings. The van der Waals surface area contributed by atoms with Gasteiger partial charge in [0.25, 0.3) is 0 Å². The van der Waals surface area contributed by atoms with Gasteiger partial charge in [-0.2, -0.15) is 0 Å². The molecule has 0 unspecified atom stereocenters. The second-order valence-electron chi connectivity index (χ2n) is 9.46. The number of piperidine rings is 1. The number of likely N-dealkylation sites (tertiary alicyclic amines) is 1. The van der Waals surface area contributed by atoms with Crippen molar-refractivity contribution in [2.45, 2.75) is 25.7 Å². The number of fused-ring (bicyclic) bond motifs is 1. The third kappa shape index (κ3) is 4.30. The normalized spacial score (nSPS) is 20.7. The fraction of sp³-hybridized carbons (Fsp3) is 0.462.